The Bertz CT molecular complexity index is 830. The predicted octanol–water partition coefficient (Wildman–Crippen LogP) is 0.0703. The first kappa shape index (κ1) is 18.7. The van der Waals surface area contributed by atoms with Crippen molar-refractivity contribution in [2.24, 2.45) is 0 Å². The van der Waals surface area contributed by atoms with E-state index < -0.39 is 12.1 Å². The van der Waals surface area contributed by atoms with Crippen LogP contribution in [0, 0.1) is 4.77 Å². The Kier molecular flexibility index (Phi) is 5.49. The van der Waals surface area contributed by atoms with Gasteiger partial charge in [0.2, 0.25) is 4.77 Å². The molecule has 1 aliphatic rings. The van der Waals surface area contributed by atoms with Crippen molar-refractivity contribution in [3.05, 3.63) is 34.6 Å². The quantitative estimate of drug-likeness (QED) is 0.566. The van der Waals surface area contributed by atoms with Crippen LogP contribution in [-0.4, -0.2) is 56.7 Å². The number of methoxy groups -OCH3 is 1. The number of aromatic nitrogens is 4. The molecule has 2 N–H and O–H groups in total. The highest BCUT2D eigenvalue weighted by atomic mass is 32.1. The van der Waals surface area contributed by atoms with E-state index >= 15 is 0 Å². The average molecular weight is 378 g/mol. The van der Waals surface area contributed by atoms with Gasteiger partial charge < -0.3 is 14.7 Å². The van der Waals surface area contributed by atoms with E-state index in [0.717, 1.165) is 10.6 Å². The first-order valence-electron chi connectivity index (χ1n) is 8.64. The highest BCUT2D eigenvalue weighted by molar-refractivity contribution is 7.71. The maximum atomic E-state index is 11.9. The summed E-state index contributed by atoms with van der Waals surface area (Å²) < 4.78 is 8.46. The van der Waals surface area contributed by atoms with Crippen LogP contribution in [0.4, 0.5) is 0 Å². The molecule has 3 rings (SSSR count). The van der Waals surface area contributed by atoms with Gasteiger partial charge in [-0.25, -0.2) is 4.79 Å². The maximum absolute atomic E-state index is 11.9. The van der Waals surface area contributed by atoms with Crippen LogP contribution in [0.3, 0.4) is 0 Å². The minimum absolute atomic E-state index is 0.334. The van der Waals surface area contributed by atoms with Crippen molar-refractivity contribution in [1.29, 1.82) is 0 Å². The third-order valence-corrected chi connectivity index (χ3v) is 5.16. The second-order valence-corrected chi connectivity index (χ2v) is 7.27. The molecule has 3 atom stereocenters. The van der Waals surface area contributed by atoms with Crippen molar-refractivity contribution in [3.63, 3.8) is 0 Å². The third-order valence-electron chi connectivity index (χ3n) is 4.78. The van der Waals surface area contributed by atoms with Crippen LogP contribution < -0.4 is 4.90 Å². The van der Waals surface area contributed by atoms with Crippen molar-refractivity contribution < 1.29 is 19.5 Å². The molecule has 1 saturated heterocycles. The summed E-state index contributed by atoms with van der Waals surface area (Å²) >= 11 is 5.50. The molecule has 2 aromatic rings. The fraction of sp³-hybridized carbons (Fsp3) is 0.529. The van der Waals surface area contributed by atoms with Crippen LogP contribution in [0.25, 0.3) is 5.69 Å². The van der Waals surface area contributed by atoms with Crippen LogP contribution in [0.15, 0.2) is 24.3 Å². The lowest BCUT2D eigenvalue weighted by Crippen LogP contribution is -3.14. The van der Waals surface area contributed by atoms with E-state index in [4.69, 9.17) is 17.0 Å². The van der Waals surface area contributed by atoms with Gasteiger partial charge in [0.15, 0.2) is 12.7 Å². The summed E-state index contributed by atoms with van der Waals surface area (Å²) in [6.07, 6.45) is -0.165. The standard InChI is InChI=1S/C17H23N5O3S/c1-11(2)12-4-6-13(7-5-12)22-17(26)21(18-19-22)10-20-9-14(23)8-15(20)16(24)25-3/h4-7,11,14-15,23H,8-10H2,1-3H3/p+1/t14-,15+/m1/s1. The molecule has 1 aromatic carbocycles. The number of carbonyl (C=O) groups excluding carboxylic acids is 1. The lowest BCUT2D eigenvalue weighted by Gasteiger charge is -2.18. The third kappa shape index (κ3) is 3.69. The summed E-state index contributed by atoms with van der Waals surface area (Å²) in [5.41, 5.74) is 2.08. The van der Waals surface area contributed by atoms with Crippen LogP contribution >= 0.6 is 12.2 Å². The molecule has 140 valence electrons. The van der Waals surface area contributed by atoms with Crippen molar-refractivity contribution in [3.8, 4) is 5.69 Å². The molecule has 2 heterocycles. The highest BCUT2D eigenvalue weighted by Crippen LogP contribution is 2.16. The molecule has 1 aliphatic heterocycles. The summed E-state index contributed by atoms with van der Waals surface area (Å²) in [6, 6.07) is 7.61. The van der Waals surface area contributed by atoms with E-state index in [0.29, 0.717) is 30.3 Å². The van der Waals surface area contributed by atoms with E-state index in [1.807, 2.05) is 12.1 Å². The van der Waals surface area contributed by atoms with E-state index in [1.165, 1.54) is 12.7 Å². The van der Waals surface area contributed by atoms with Gasteiger partial charge in [0.25, 0.3) is 0 Å². The van der Waals surface area contributed by atoms with Gasteiger partial charge in [0, 0.05) is 6.42 Å². The zero-order chi connectivity index (χ0) is 18.8. The van der Waals surface area contributed by atoms with Gasteiger partial charge in [-0.2, -0.15) is 9.36 Å². The Morgan fingerprint density at radius 3 is 2.69 bits per heavy atom. The van der Waals surface area contributed by atoms with E-state index in [9.17, 15) is 9.90 Å². The van der Waals surface area contributed by atoms with Gasteiger partial charge in [-0.3, -0.25) is 0 Å². The molecule has 0 saturated carbocycles. The number of nitrogens with zero attached hydrogens (tertiary/aromatic N) is 4. The molecule has 1 aromatic heterocycles. The number of rotatable bonds is 5. The maximum Gasteiger partial charge on any atom is 0.364 e. The summed E-state index contributed by atoms with van der Waals surface area (Å²) in [4.78, 5) is 12.8. The average Bonchev–Trinajstić information content (AvgIpc) is 3.17. The number of ether oxygens (including phenoxy) is 1. The number of carbonyl (C=O) groups is 1. The summed E-state index contributed by atoms with van der Waals surface area (Å²) in [5, 5.41) is 18.2. The molecule has 0 radical (unpaired) electrons. The SMILES string of the molecule is COC(=O)[C@@H]1C[C@@H](O)C[NH+]1Cn1nnn(-c2ccc(C(C)C)cc2)c1=S. The number of tetrazole rings is 1. The van der Waals surface area contributed by atoms with E-state index in [-0.39, 0.29) is 5.97 Å². The smallest absolute Gasteiger partial charge is 0.364 e. The number of likely N-dealkylation sites (tertiary alicyclic amines) is 1. The van der Waals surface area contributed by atoms with Gasteiger partial charge in [-0.05, 0) is 46.3 Å². The highest BCUT2D eigenvalue weighted by Gasteiger charge is 2.41. The number of nitrogens with one attached hydrogen (secondary N) is 1. The first-order valence-corrected chi connectivity index (χ1v) is 9.05. The molecule has 0 aliphatic carbocycles. The predicted molar refractivity (Wildman–Crippen MR) is 96.5 cm³/mol. The van der Waals surface area contributed by atoms with Gasteiger partial charge in [0.05, 0.1) is 12.8 Å². The molecule has 1 fully saturated rings. The molecule has 9 heteroatoms. The second-order valence-electron chi connectivity index (χ2n) is 6.90. The van der Waals surface area contributed by atoms with Gasteiger partial charge >= 0.3 is 5.97 Å². The molecule has 0 bridgehead atoms. The number of benzene rings is 1. The molecular weight excluding hydrogens is 354 g/mol. The van der Waals surface area contributed by atoms with Gasteiger partial charge in [-0.15, -0.1) is 0 Å². The number of quaternary nitrogens is 1. The topological polar surface area (TPSA) is 86.6 Å². The zero-order valence-corrected chi connectivity index (χ0v) is 15.9. The fourth-order valence-electron chi connectivity index (χ4n) is 3.28. The van der Waals surface area contributed by atoms with E-state index in [2.05, 4.69) is 36.4 Å². The monoisotopic (exact) mass is 378 g/mol. The zero-order valence-electron chi connectivity index (χ0n) is 15.1. The first-order chi connectivity index (χ1) is 12.4. The van der Waals surface area contributed by atoms with Crippen LogP contribution in [-0.2, 0) is 16.2 Å². The molecule has 26 heavy (non-hydrogen) atoms. The fourth-order valence-corrected chi connectivity index (χ4v) is 3.52. The van der Waals surface area contributed by atoms with Crippen molar-refractivity contribution in [2.75, 3.05) is 13.7 Å². The summed E-state index contributed by atoms with van der Waals surface area (Å²) in [5.74, 6) is 0.118. The number of esters is 1. The van der Waals surface area contributed by atoms with Crippen molar-refractivity contribution in [1.82, 2.24) is 19.8 Å². The minimum atomic E-state index is -0.540. The normalized spacial score (nSPS) is 22.7. The number of aliphatic hydroxyl groups excluding tert-OH is 1. The van der Waals surface area contributed by atoms with Crippen molar-refractivity contribution in [2.45, 2.75) is 45.0 Å². The Morgan fingerprint density at radius 2 is 2.08 bits per heavy atom. The largest absolute Gasteiger partial charge is 0.465 e. The lowest BCUT2D eigenvalue weighted by atomic mass is 10.0. The second kappa shape index (κ2) is 7.65. The molecule has 1 unspecified atom stereocenters. The molecule has 0 amide bonds. The molecule has 0 spiro atoms. The van der Waals surface area contributed by atoms with E-state index in [1.54, 1.807) is 9.36 Å². The van der Waals surface area contributed by atoms with Crippen LogP contribution in [0.1, 0.15) is 31.7 Å². The summed E-state index contributed by atoms with van der Waals surface area (Å²) in [7, 11) is 1.35. The Hall–Kier alpha value is -2.10. The minimum Gasteiger partial charge on any atom is -0.465 e. The van der Waals surface area contributed by atoms with Crippen molar-refractivity contribution >= 4 is 18.2 Å². The van der Waals surface area contributed by atoms with Crippen LogP contribution in [0.2, 0.25) is 0 Å². The molecular formula is C17H24N5O3S+. The molecule has 8 nitrogen and oxygen atoms in total. The number of hydrogen-bond acceptors (Lipinski definition) is 6. The van der Waals surface area contributed by atoms with Gasteiger partial charge in [0.1, 0.15) is 12.6 Å². The Morgan fingerprint density at radius 1 is 1.38 bits per heavy atom. The van der Waals surface area contributed by atoms with Crippen LogP contribution in [0.5, 0.6) is 0 Å². The number of aliphatic hydroxyl groups is 1. The van der Waals surface area contributed by atoms with Gasteiger partial charge in [-0.1, -0.05) is 26.0 Å². The Labute approximate surface area is 157 Å². The summed E-state index contributed by atoms with van der Waals surface area (Å²) in [6.45, 7) is 5.07. The Balaban J connectivity index is 1.81. The lowest BCUT2D eigenvalue weighted by molar-refractivity contribution is -0.928. The number of hydrogen-bond donors (Lipinski definition) is 2.